The van der Waals surface area contributed by atoms with Crippen molar-refractivity contribution in [3.05, 3.63) is 29.0 Å². The summed E-state index contributed by atoms with van der Waals surface area (Å²) in [5.74, 6) is 3.29. The van der Waals surface area contributed by atoms with Crippen LogP contribution in [0.15, 0.2) is 17.8 Å². The summed E-state index contributed by atoms with van der Waals surface area (Å²) in [4.78, 5) is 12.3. The summed E-state index contributed by atoms with van der Waals surface area (Å²) in [6.45, 7) is 6.54. The molecule has 0 saturated carbocycles. The van der Waals surface area contributed by atoms with E-state index >= 15 is 0 Å². The largest absolute Gasteiger partial charge is 0.493 e. The van der Waals surface area contributed by atoms with E-state index in [1.807, 2.05) is 12.1 Å². The molecular formula is C20H25NO4. The SMILES string of the molecule is C#CCOc1cc2c(cc1OC)C(C)(C)C/C2=C(/NC)C(=O)OCC. The van der Waals surface area contributed by atoms with Gasteiger partial charge in [-0.3, -0.25) is 0 Å². The van der Waals surface area contributed by atoms with E-state index in [1.165, 1.54) is 0 Å². The number of methoxy groups -OCH3 is 1. The van der Waals surface area contributed by atoms with Crippen molar-refractivity contribution in [3.63, 3.8) is 0 Å². The fourth-order valence-electron chi connectivity index (χ4n) is 3.20. The molecule has 2 rings (SSSR count). The minimum atomic E-state index is -0.356. The summed E-state index contributed by atoms with van der Waals surface area (Å²) >= 11 is 0. The average molecular weight is 343 g/mol. The van der Waals surface area contributed by atoms with Gasteiger partial charge < -0.3 is 19.5 Å². The van der Waals surface area contributed by atoms with Crippen LogP contribution in [0.5, 0.6) is 11.5 Å². The molecule has 0 unspecified atom stereocenters. The first-order valence-corrected chi connectivity index (χ1v) is 8.26. The van der Waals surface area contributed by atoms with Gasteiger partial charge in [-0.1, -0.05) is 19.8 Å². The molecule has 134 valence electrons. The van der Waals surface area contributed by atoms with Crippen LogP contribution in [-0.2, 0) is 14.9 Å². The van der Waals surface area contributed by atoms with E-state index in [0.717, 1.165) is 16.7 Å². The maximum Gasteiger partial charge on any atom is 0.354 e. The normalized spacial score (nSPS) is 16.5. The van der Waals surface area contributed by atoms with Gasteiger partial charge in [-0.15, -0.1) is 6.42 Å². The highest BCUT2D eigenvalue weighted by Gasteiger charge is 2.37. The first-order chi connectivity index (χ1) is 11.9. The van der Waals surface area contributed by atoms with E-state index < -0.39 is 0 Å². The van der Waals surface area contributed by atoms with Gasteiger partial charge in [0.2, 0.25) is 0 Å². The van der Waals surface area contributed by atoms with Gasteiger partial charge in [-0.05, 0) is 47.6 Å². The number of nitrogens with one attached hydrogen (secondary N) is 1. The first kappa shape index (κ1) is 18.7. The molecule has 1 aromatic carbocycles. The fraction of sp³-hybridized carbons (Fsp3) is 0.450. The van der Waals surface area contributed by atoms with Gasteiger partial charge in [0.1, 0.15) is 12.3 Å². The van der Waals surface area contributed by atoms with Crippen molar-refractivity contribution in [2.75, 3.05) is 27.4 Å². The molecule has 0 heterocycles. The Kier molecular flexibility index (Phi) is 5.63. The van der Waals surface area contributed by atoms with Crippen molar-refractivity contribution in [3.8, 4) is 23.8 Å². The van der Waals surface area contributed by atoms with E-state index in [4.69, 9.17) is 20.6 Å². The number of hydrogen-bond donors (Lipinski definition) is 1. The zero-order valence-corrected chi connectivity index (χ0v) is 15.5. The molecule has 5 nitrogen and oxygen atoms in total. The summed E-state index contributed by atoms with van der Waals surface area (Å²) in [6.07, 6.45) is 6.00. The number of carbonyl (C=O) groups is 1. The topological polar surface area (TPSA) is 56.8 Å². The molecule has 1 aromatic rings. The van der Waals surface area contributed by atoms with Gasteiger partial charge in [0, 0.05) is 7.05 Å². The Hall–Kier alpha value is -2.61. The molecule has 1 aliphatic carbocycles. The van der Waals surface area contributed by atoms with Gasteiger partial charge in [0.05, 0.1) is 13.7 Å². The molecule has 5 heteroatoms. The minimum absolute atomic E-state index is 0.142. The van der Waals surface area contributed by atoms with E-state index in [9.17, 15) is 4.79 Å². The molecule has 0 saturated heterocycles. The minimum Gasteiger partial charge on any atom is -0.493 e. The van der Waals surface area contributed by atoms with Gasteiger partial charge in [-0.2, -0.15) is 0 Å². The molecule has 0 amide bonds. The molecule has 0 radical (unpaired) electrons. The van der Waals surface area contributed by atoms with Crippen LogP contribution in [0.1, 0.15) is 38.3 Å². The molecule has 0 bridgehead atoms. The lowest BCUT2D eigenvalue weighted by molar-refractivity contribution is -0.138. The second-order valence-electron chi connectivity index (χ2n) is 6.43. The highest BCUT2D eigenvalue weighted by molar-refractivity contribution is 5.99. The highest BCUT2D eigenvalue weighted by Crippen LogP contribution is 2.49. The van der Waals surface area contributed by atoms with Crippen LogP contribution >= 0.6 is 0 Å². The number of hydrogen-bond acceptors (Lipinski definition) is 5. The van der Waals surface area contributed by atoms with E-state index in [2.05, 4.69) is 25.1 Å². The van der Waals surface area contributed by atoms with Gasteiger partial charge >= 0.3 is 5.97 Å². The predicted molar refractivity (Wildman–Crippen MR) is 97.6 cm³/mol. The molecule has 0 fully saturated rings. The Labute approximate surface area is 149 Å². The van der Waals surface area contributed by atoms with Crippen molar-refractivity contribution in [1.82, 2.24) is 5.32 Å². The van der Waals surface area contributed by atoms with Crippen LogP contribution in [0.4, 0.5) is 0 Å². The van der Waals surface area contributed by atoms with E-state index in [1.54, 1.807) is 21.1 Å². The maximum atomic E-state index is 12.3. The third-order valence-electron chi connectivity index (χ3n) is 4.32. The lowest BCUT2D eigenvalue weighted by Crippen LogP contribution is -2.21. The molecule has 0 atom stereocenters. The number of terminal acetylenes is 1. The van der Waals surface area contributed by atoms with Crippen LogP contribution in [0.25, 0.3) is 5.57 Å². The number of ether oxygens (including phenoxy) is 3. The van der Waals surface area contributed by atoms with Gasteiger partial charge in [0.25, 0.3) is 0 Å². The number of allylic oxidation sites excluding steroid dienone is 1. The number of fused-ring (bicyclic) bond motifs is 1. The standard InChI is InChI=1S/C20H25NO4/c1-7-9-25-17-10-13-14(18(21-5)19(22)24-8-2)12-20(3,4)15(13)11-16(17)23-6/h1,10-11,21H,8-9,12H2,2-6H3/b18-14-. The molecular weight excluding hydrogens is 318 g/mol. The van der Waals surface area contributed by atoms with Gasteiger partial charge in [0.15, 0.2) is 11.5 Å². The Morgan fingerprint density at radius 1 is 1.36 bits per heavy atom. The summed E-state index contributed by atoms with van der Waals surface area (Å²) in [6, 6.07) is 3.86. The second-order valence-corrected chi connectivity index (χ2v) is 6.43. The van der Waals surface area contributed by atoms with Crippen molar-refractivity contribution in [2.45, 2.75) is 32.6 Å². The summed E-state index contributed by atoms with van der Waals surface area (Å²) < 4.78 is 16.3. The number of rotatable bonds is 6. The smallest absolute Gasteiger partial charge is 0.354 e. The molecule has 0 spiro atoms. The van der Waals surface area contributed by atoms with Crippen LogP contribution in [0, 0.1) is 12.3 Å². The van der Waals surface area contributed by atoms with Crippen LogP contribution < -0.4 is 14.8 Å². The van der Waals surface area contributed by atoms with Gasteiger partial charge in [-0.25, -0.2) is 4.79 Å². The number of likely N-dealkylation sites (N-methyl/N-ethyl adjacent to an activating group) is 1. The summed E-state index contributed by atoms with van der Waals surface area (Å²) in [7, 11) is 3.32. The van der Waals surface area contributed by atoms with E-state index in [0.29, 0.717) is 30.2 Å². The zero-order valence-electron chi connectivity index (χ0n) is 15.5. The van der Waals surface area contributed by atoms with Crippen LogP contribution in [-0.4, -0.2) is 33.3 Å². The third kappa shape index (κ3) is 3.58. The predicted octanol–water partition coefficient (Wildman–Crippen LogP) is 2.88. The quantitative estimate of drug-likeness (QED) is 0.489. The lowest BCUT2D eigenvalue weighted by Gasteiger charge is -2.20. The molecule has 0 aliphatic heterocycles. The summed E-state index contributed by atoms with van der Waals surface area (Å²) in [5.41, 5.74) is 3.30. The zero-order chi connectivity index (χ0) is 18.6. The molecule has 1 aliphatic rings. The Balaban J connectivity index is 2.65. The number of benzene rings is 1. The van der Waals surface area contributed by atoms with Crippen molar-refractivity contribution in [2.24, 2.45) is 0 Å². The van der Waals surface area contributed by atoms with Crippen LogP contribution in [0.3, 0.4) is 0 Å². The number of esters is 1. The Bertz CT molecular complexity index is 741. The monoisotopic (exact) mass is 343 g/mol. The average Bonchev–Trinajstić information content (AvgIpc) is 2.83. The lowest BCUT2D eigenvalue weighted by atomic mass is 9.86. The third-order valence-corrected chi connectivity index (χ3v) is 4.32. The van der Waals surface area contributed by atoms with E-state index in [-0.39, 0.29) is 18.0 Å². The van der Waals surface area contributed by atoms with Crippen molar-refractivity contribution < 1.29 is 19.0 Å². The first-order valence-electron chi connectivity index (χ1n) is 8.26. The summed E-state index contributed by atoms with van der Waals surface area (Å²) in [5, 5.41) is 3.00. The molecule has 1 N–H and O–H groups in total. The fourth-order valence-corrected chi connectivity index (χ4v) is 3.20. The van der Waals surface area contributed by atoms with Crippen molar-refractivity contribution in [1.29, 1.82) is 0 Å². The molecule has 0 aromatic heterocycles. The van der Waals surface area contributed by atoms with Crippen LogP contribution in [0.2, 0.25) is 0 Å². The Morgan fingerprint density at radius 3 is 2.64 bits per heavy atom. The maximum absolute atomic E-state index is 12.3. The molecule has 25 heavy (non-hydrogen) atoms. The van der Waals surface area contributed by atoms with Crippen molar-refractivity contribution >= 4 is 11.5 Å². The number of carbonyl (C=O) groups excluding carboxylic acids is 1. The highest BCUT2D eigenvalue weighted by atomic mass is 16.5. The Morgan fingerprint density at radius 2 is 2.08 bits per heavy atom. The second kappa shape index (κ2) is 7.52.